The summed E-state index contributed by atoms with van der Waals surface area (Å²) in [5, 5.41) is 42.5. The molecule has 0 unspecified atom stereocenters. The smallest absolute Gasteiger partial charge is 0.255 e. The van der Waals surface area contributed by atoms with Crippen LogP contribution in [0.1, 0.15) is 24.2 Å². The van der Waals surface area contributed by atoms with Crippen molar-refractivity contribution in [2.24, 2.45) is 0 Å². The predicted octanol–water partition coefficient (Wildman–Crippen LogP) is 0.827. The average molecular weight is 897 g/mol. The van der Waals surface area contributed by atoms with Crippen molar-refractivity contribution in [3.8, 4) is 11.1 Å². The quantitative estimate of drug-likeness (QED) is 0.160. The minimum absolute atomic E-state index is 0.0277. The molecule has 1 saturated heterocycles. The van der Waals surface area contributed by atoms with E-state index in [1.165, 1.54) is 35.8 Å². The Morgan fingerprint density at radius 1 is 0.902 bits per heavy atom. The number of halogens is 3. The maximum atomic E-state index is 13.2. The van der Waals surface area contributed by atoms with Gasteiger partial charge < -0.3 is 51.7 Å². The van der Waals surface area contributed by atoms with Crippen molar-refractivity contribution >= 4 is 108 Å². The van der Waals surface area contributed by atoms with E-state index in [1.54, 1.807) is 14.1 Å². The number of nitrogens with one attached hydrogen (secondary N) is 1. The van der Waals surface area contributed by atoms with Gasteiger partial charge in [-0.2, -0.15) is 0 Å². The van der Waals surface area contributed by atoms with Gasteiger partial charge in [-0.25, -0.2) is 0 Å². The summed E-state index contributed by atoms with van der Waals surface area (Å²) in [5.74, 6) is -1.28. The lowest BCUT2D eigenvalue weighted by atomic mass is 9.95. The van der Waals surface area contributed by atoms with Crippen LogP contribution in [0.2, 0.25) is 0 Å². The molecule has 1 aliphatic heterocycles. The molecule has 1 fully saturated rings. The molecular weight excluding hydrogens is 867 g/mol. The molecule has 0 bridgehead atoms. The second kappa shape index (κ2) is 13.4. The van der Waals surface area contributed by atoms with Gasteiger partial charge in [-0.3, -0.25) is 14.4 Å². The lowest BCUT2D eigenvalue weighted by molar-refractivity contribution is -0.252. The highest BCUT2D eigenvalue weighted by Gasteiger charge is 2.44. The summed E-state index contributed by atoms with van der Waals surface area (Å²) in [4.78, 5) is 40.9. The maximum Gasteiger partial charge on any atom is 0.255 e. The third-order valence-corrected chi connectivity index (χ3v) is 9.92. The van der Waals surface area contributed by atoms with Crippen LogP contribution in [0.5, 0.6) is 0 Å². The second-order valence-corrected chi connectivity index (χ2v) is 12.7. The topological polar surface area (TPSA) is 212 Å². The zero-order chi connectivity index (χ0) is 31.1. The standard InChI is InChI=1S/C25H30I3N5O8/c1-8(35)32(3)20-16(26)14(17(27)21(18(20)28)33(4)9(2)36)10-5-11(29)15(12(30)6-10)24(39)31-19-23(38)22(37)13(7-34)41-25(19)40/h5-6,13,19,22-23,25,34,37-38,40H,7,29-30H2,1-4H3,(H,31,39)/t13-,19-,22-,23-,25-/m1/s1/i26-4,27-4,28-4. The number of rotatable bonds is 6. The first-order valence-electron chi connectivity index (χ1n) is 12.0. The number of ether oxygens (including phenoxy) is 1. The molecule has 0 aliphatic carbocycles. The highest BCUT2D eigenvalue weighted by Crippen LogP contribution is 2.46. The third kappa shape index (κ3) is 6.53. The fourth-order valence-corrected chi connectivity index (χ4v) is 9.60. The first-order valence-corrected chi connectivity index (χ1v) is 15.3. The number of anilines is 4. The normalized spacial score (nSPS) is 22.3. The summed E-state index contributed by atoms with van der Waals surface area (Å²) in [7, 11) is 3.26. The van der Waals surface area contributed by atoms with Crippen LogP contribution < -0.4 is 26.6 Å². The summed E-state index contributed by atoms with van der Waals surface area (Å²) in [6, 6.07) is 1.60. The number of carbonyl (C=O) groups excluding carboxylic acids is 3. The van der Waals surface area contributed by atoms with E-state index >= 15 is 0 Å². The molecule has 1 heterocycles. The van der Waals surface area contributed by atoms with Gasteiger partial charge in [-0.15, -0.1) is 0 Å². The number of aliphatic hydroxyl groups excluding tert-OH is 4. The van der Waals surface area contributed by atoms with Crippen LogP contribution in [-0.2, 0) is 14.3 Å². The van der Waals surface area contributed by atoms with Gasteiger partial charge in [0.15, 0.2) is 6.29 Å². The van der Waals surface area contributed by atoms with E-state index in [1.807, 2.05) is 0 Å². The van der Waals surface area contributed by atoms with Gasteiger partial charge >= 0.3 is 0 Å². The molecular formula is C25H30I3N5O8. The van der Waals surface area contributed by atoms with E-state index in [0.717, 1.165) is 0 Å². The van der Waals surface area contributed by atoms with Crippen LogP contribution in [-0.4, -0.2) is 89.5 Å². The third-order valence-electron chi connectivity index (χ3n) is 6.80. The van der Waals surface area contributed by atoms with Gasteiger partial charge in [0.1, 0.15) is 24.4 Å². The Hall–Kier alpha value is -1.56. The Morgan fingerprint density at radius 3 is 1.78 bits per heavy atom. The molecule has 9 N–H and O–H groups in total. The Labute approximate surface area is 277 Å². The summed E-state index contributed by atoms with van der Waals surface area (Å²) in [5.41, 5.74) is 14.7. The minimum atomic E-state index is -1.72. The number of hydrogen-bond donors (Lipinski definition) is 7. The Kier molecular flexibility index (Phi) is 11.1. The number of nitrogen functional groups attached to an aromatic ring is 2. The predicted molar refractivity (Wildman–Crippen MR) is 178 cm³/mol. The van der Waals surface area contributed by atoms with Gasteiger partial charge in [0, 0.05) is 52.0 Å². The van der Waals surface area contributed by atoms with Crippen LogP contribution in [0.15, 0.2) is 12.1 Å². The number of nitrogens with zero attached hydrogens (tertiary/aromatic N) is 2. The van der Waals surface area contributed by atoms with Crippen molar-refractivity contribution in [2.75, 3.05) is 42.0 Å². The number of hydrogen-bond acceptors (Lipinski definition) is 10. The molecule has 16 heteroatoms. The van der Waals surface area contributed by atoms with Crippen molar-refractivity contribution in [3.63, 3.8) is 0 Å². The lowest BCUT2D eigenvalue weighted by Crippen LogP contribution is -2.64. The van der Waals surface area contributed by atoms with Crippen molar-refractivity contribution in [1.29, 1.82) is 0 Å². The number of benzene rings is 2. The second-order valence-electron chi connectivity index (χ2n) is 9.43. The van der Waals surface area contributed by atoms with Crippen molar-refractivity contribution in [3.05, 3.63) is 28.4 Å². The van der Waals surface area contributed by atoms with Gasteiger partial charge in [-0.05, 0) is 85.5 Å². The fourth-order valence-electron chi connectivity index (χ4n) is 4.37. The summed E-state index contributed by atoms with van der Waals surface area (Å²) in [6.45, 7) is 2.20. The van der Waals surface area contributed by atoms with Crippen LogP contribution in [0.25, 0.3) is 11.1 Å². The molecule has 5 atom stereocenters. The number of carbonyl (C=O) groups is 3. The molecule has 3 amide bonds. The Morgan fingerprint density at radius 2 is 1.37 bits per heavy atom. The van der Waals surface area contributed by atoms with Crippen LogP contribution >= 0.6 is 67.8 Å². The molecule has 0 spiro atoms. The first-order chi connectivity index (χ1) is 19.0. The van der Waals surface area contributed by atoms with Crippen LogP contribution in [0.4, 0.5) is 22.7 Å². The summed E-state index contributed by atoms with van der Waals surface area (Å²) in [6.07, 6.45) is -6.18. The highest BCUT2D eigenvalue weighted by molar-refractivity contribution is 14.1. The highest BCUT2D eigenvalue weighted by atomic mass is 123. The van der Waals surface area contributed by atoms with E-state index in [-0.39, 0.29) is 28.8 Å². The lowest BCUT2D eigenvalue weighted by Gasteiger charge is -2.40. The first kappa shape index (κ1) is 33.9. The van der Waals surface area contributed by atoms with Crippen molar-refractivity contribution < 1.29 is 39.5 Å². The van der Waals surface area contributed by atoms with E-state index in [0.29, 0.717) is 33.2 Å². The summed E-state index contributed by atoms with van der Waals surface area (Å²) >= 11 is 6.34. The van der Waals surface area contributed by atoms with E-state index in [9.17, 15) is 34.8 Å². The number of nitrogens with two attached hydrogens (primary N) is 2. The van der Waals surface area contributed by atoms with Gasteiger partial charge in [-0.1, -0.05) is 0 Å². The molecule has 1 aliphatic rings. The average Bonchev–Trinajstić information content (AvgIpc) is 2.87. The van der Waals surface area contributed by atoms with Crippen molar-refractivity contribution in [1.82, 2.24) is 5.32 Å². The Balaban J connectivity index is 2.13. The van der Waals surface area contributed by atoms with Crippen LogP contribution in [0.3, 0.4) is 0 Å². The Bertz CT molecular complexity index is 1320. The SMILES string of the molecule is CC(=O)N(C)c1c([123I])c(-c2cc(N)c(C(=O)N[C@@H]3[C@@H](O)[C@H](O)[C@@H](CO)O[C@H]3O)c(N)c2)c([123I])c(N(C)C(C)=O)c1[123I]. The van der Waals surface area contributed by atoms with Gasteiger partial charge in [0.05, 0.1) is 27.1 Å². The molecule has 0 saturated carbocycles. The van der Waals surface area contributed by atoms with Crippen LogP contribution in [0, 0.1) is 10.7 Å². The molecule has 41 heavy (non-hydrogen) atoms. The van der Waals surface area contributed by atoms with E-state index < -0.39 is 43.2 Å². The molecule has 2 aromatic rings. The molecule has 2 aromatic carbocycles. The molecule has 3 rings (SSSR count). The molecule has 13 nitrogen and oxygen atoms in total. The monoisotopic (exact) mass is 897 g/mol. The van der Waals surface area contributed by atoms with E-state index in [2.05, 4.69) is 73.1 Å². The van der Waals surface area contributed by atoms with Crippen molar-refractivity contribution in [2.45, 2.75) is 44.5 Å². The molecule has 0 aromatic heterocycles. The maximum absolute atomic E-state index is 13.2. The molecule has 224 valence electrons. The largest absolute Gasteiger partial charge is 0.398 e. The number of amides is 3. The zero-order valence-corrected chi connectivity index (χ0v) is 28.8. The summed E-state index contributed by atoms with van der Waals surface area (Å²) < 4.78 is 7.15. The number of aliphatic hydroxyl groups is 4. The van der Waals surface area contributed by atoms with Gasteiger partial charge in [0.2, 0.25) is 11.8 Å². The zero-order valence-electron chi connectivity index (χ0n) is 22.4. The van der Waals surface area contributed by atoms with Gasteiger partial charge in [0.25, 0.3) is 5.91 Å². The fraction of sp³-hybridized carbons (Fsp3) is 0.400. The molecule has 0 radical (unpaired) electrons. The minimum Gasteiger partial charge on any atom is -0.398 e. The van der Waals surface area contributed by atoms with E-state index in [4.69, 9.17) is 16.2 Å².